The number of nitrogens with zero attached hydrogens (tertiary/aromatic N) is 1. The van der Waals surface area contributed by atoms with Crippen LogP contribution in [-0.4, -0.2) is 11.9 Å². The molecule has 2 N–H and O–H groups in total. The monoisotopic (exact) mass is 292 g/mol. The second kappa shape index (κ2) is 6.25. The molecule has 1 atom stereocenters. The number of rotatable bonds is 4. The molecule has 0 aromatic heterocycles. The fourth-order valence-electron chi connectivity index (χ4n) is 2.18. The predicted octanol–water partition coefficient (Wildman–Crippen LogP) is 4.25. The number of halogens is 2. The van der Waals surface area contributed by atoms with Crippen LogP contribution in [0.4, 0.5) is 10.1 Å². The Morgan fingerprint density at radius 1 is 1.20 bits per heavy atom. The number of para-hydroxylation sites is 1. The molecule has 1 unspecified atom stereocenters. The third-order valence-corrected chi connectivity index (χ3v) is 3.92. The molecule has 0 bridgehead atoms. The summed E-state index contributed by atoms with van der Waals surface area (Å²) in [4.78, 5) is 2.09. The van der Waals surface area contributed by atoms with Gasteiger partial charge in [-0.25, -0.2) is 4.39 Å². The Kier molecular flexibility index (Phi) is 4.63. The van der Waals surface area contributed by atoms with Crippen molar-refractivity contribution in [3.05, 3.63) is 64.4 Å². The van der Waals surface area contributed by atoms with E-state index in [1.165, 1.54) is 6.07 Å². The second-order valence-electron chi connectivity index (χ2n) is 4.93. The van der Waals surface area contributed by atoms with Crippen LogP contribution in [0.3, 0.4) is 0 Å². The van der Waals surface area contributed by atoms with Crippen LogP contribution in [-0.2, 0) is 6.54 Å². The van der Waals surface area contributed by atoms with Crippen molar-refractivity contribution in [1.82, 2.24) is 4.90 Å². The SMILES string of the molecule is CC(c1ccccc1Cl)N(C)Cc1cccc(F)c1N. The van der Waals surface area contributed by atoms with Gasteiger partial charge in [0.15, 0.2) is 0 Å². The first-order valence-electron chi connectivity index (χ1n) is 6.48. The first-order valence-corrected chi connectivity index (χ1v) is 6.86. The number of nitrogen functional groups attached to an aromatic ring is 1. The molecule has 0 fully saturated rings. The molecule has 0 aliphatic carbocycles. The van der Waals surface area contributed by atoms with E-state index in [0.29, 0.717) is 6.54 Å². The van der Waals surface area contributed by atoms with Gasteiger partial charge in [0.05, 0.1) is 5.69 Å². The molecule has 2 aromatic rings. The Labute approximate surface area is 124 Å². The highest BCUT2D eigenvalue weighted by molar-refractivity contribution is 6.31. The number of hydrogen-bond acceptors (Lipinski definition) is 2. The second-order valence-corrected chi connectivity index (χ2v) is 5.33. The van der Waals surface area contributed by atoms with E-state index in [9.17, 15) is 4.39 Å². The van der Waals surface area contributed by atoms with E-state index in [-0.39, 0.29) is 17.5 Å². The Hall–Kier alpha value is -1.58. The molecule has 2 nitrogen and oxygen atoms in total. The minimum Gasteiger partial charge on any atom is -0.396 e. The van der Waals surface area contributed by atoms with Crippen LogP contribution in [0.5, 0.6) is 0 Å². The molecule has 0 aliphatic rings. The van der Waals surface area contributed by atoms with Crippen molar-refractivity contribution < 1.29 is 4.39 Å². The highest BCUT2D eigenvalue weighted by atomic mass is 35.5. The molecule has 0 saturated heterocycles. The number of hydrogen-bond donors (Lipinski definition) is 1. The summed E-state index contributed by atoms with van der Waals surface area (Å²) in [5.41, 5.74) is 7.82. The normalized spacial score (nSPS) is 12.7. The Bertz CT molecular complexity index is 601. The van der Waals surface area contributed by atoms with Crippen LogP contribution in [0.2, 0.25) is 5.02 Å². The minimum atomic E-state index is -0.374. The molecule has 2 rings (SSSR count). The predicted molar refractivity (Wildman–Crippen MR) is 82.1 cm³/mol. The lowest BCUT2D eigenvalue weighted by Crippen LogP contribution is -2.23. The fourth-order valence-corrected chi connectivity index (χ4v) is 2.47. The fraction of sp³-hybridized carbons (Fsp3) is 0.250. The zero-order chi connectivity index (χ0) is 14.7. The molecule has 20 heavy (non-hydrogen) atoms. The van der Waals surface area contributed by atoms with Gasteiger partial charge < -0.3 is 5.73 Å². The van der Waals surface area contributed by atoms with Crippen LogP contribution >= 0.6 is 11.6 Å². The maximum Gasteiger partial charge on any atom is 0.146 e. The molecule has 0 heterocycles. The average molecular weight is 293 g/mol. The lowest BCUT2D eigenvalue weighted by Gasteiger charge is -2.26. The molecule has 0 aliphatic heterocycles. The van der Waals surface area contributed by atoms with Gasteiger partial charge in [0.25, 0.3) is 0 Å². The highest BCUT2D eigenvalue weighted by Gasteiger charge is 2.16. The van der Waals surface area contributed by atoms with Gasteiger partial charge in [-0.1, -0.05) is 41.9 Å². The molecule has 0 radical (unpaired) electrons. The highest BCUT2D eigenvalue weighted by Crippen LogP contribution is 2.28. The van der Waals surface area contributed by atoms with Crippen LogP contribution < -0.4 is 5.73 Å². The molecule has 2 aromatic carbocycles. The summed E-state index contributed by atoms with van der Waals surface area (Å²) in [6.07, 6.45) is 0. The van der Waals surface area contributed by atoms with Crippen molar-refractivity contribution in [3.63, 3.8) is 0 Å². The van der Waals surface area contributed by atoms with Crippen molar-refractivity contribution in [2.75, 3.05) is 12.8 Å². The lowest BCUT2D eigenvalue weighted by molar-refractivity contribution is 0.253. The molecular weight excluding hydrogens is 275 g/mol. The zero-order valence-corrected chi connectivity index (χ0v) is 12.4. The topological polar surface area (TPSA) is 29.3 Å². The molecule has 106 valence electrons. The van der Waals surface area contributed by atoms with Gasteiger partial charge >= 0.3 is 0 Å². The van der Waals surface area contributed by atoms with E-state index in [1.54, 1.807) is 6.07 Å². The summed E-state index contributed by atoms with van der Waals surface area (Å²) in [6.45, 7) is 2.63. The van der Waals surface area contributed by atoms with Gasteiger partial charge in [-0.3, -0.25) is 4.90 Å². The quantitative estimate of drug-likeness (QED) is 0.854. The van der Waals surface area contributed by atoms with E-state index in [4.69, 9.17) is 17.3 Å². The maximum atomic E-state index is 13.5. The first-order chi connectivity index (χ1) is 9.50. The molecule has 4 heteroatoms. The van der Waals surface area contributed by atoms with E-state index in [1.807, 2.05) is 37.4 Å². The van der Waals surface area contributed by atoms with Gasteiger partial charge in [0.2, 0.25) is 0 Å². The Morgan fingerprint density at radius 2 is 1.90 bits per heavy atom. The first kappa shape index (κ1) is 14.8. The summed E-state index contributed by atoms with van der Waals surface area (Å²) in [6, 6.07) is 12.7. The summed E-state index contributed by atoms with van der Waals surface area (Å²) in [7, 11) is 1.97. The largest absolute Gasteiger partial charge is 0.396 e. The molecule has 0 saturated carbocycles. The van der Waals surface area contributed by atoms with Gasteiger partial charge in [0.1, 0.15) is 5.82 Å². The third kappa shape index (κ3) is 3.11. The number of benzene rings is 2. The van der Waals surface area contributed by atoms with Crippen LogP contribution in [0.1, 0.15) is 24.1 Å². The third-order valence-electron chi connectivity index (χ3n) is 3.58. The standard InChI is InChI=1S/C16H18ClFN2/c1-11(13-7-3-4-8-14(13)17)20(2)10-12-6-5-9-15(18)16(12)19/h3-9,11H,10,19H2,1-2H3. The van der Waals surface area contributed by atoms with Crippen LogP contribution in [0.15, 0.2) is 42.5 Å². The maximum absolute atomic E-state index is 13.5. The summed E-state index contributed by atoms with van der Waals surface area (Å²) in [5, 5.41) is 0.735. The van der Waals surface area contributed by atoms with E-state index in [0.717, 1.165) is 16.1 Å². The summed E-state index contributed by atoms with van der Waals surface area (Å²) < 4.78 is 13.5. The summed E-state index contributed by atoms with van der Waals surface area (Å²) in [5.74, 6) is -0.374. The van der Waals surface area contributed by atoms with E-state index in [2.05, 4.69) is 11.8 Å². The molecular formula is C16H18ClFN2. The minimum absolute atomic E-state index is 0.117. The average Bonchev–Trinajstić information content (AvgIpc) is 2.43. The van der Waals surface area contributed by atoms with Gasteiger partial charge in [-0.05, 0) is 37.2 Å². The molecule has 0 spiro atoms. The van der Waals surface area contributed by atoms with Gasteiger partial charge in [-0.15, -0.1) is 0 Å². The van der Waals surface area contributed by atoms with Crippen LogP contribution in [0, 0.1) is 5.82 Å². The van der Waals surface area contributed by atoms with Crippen molar-refractivity contribution in [2.45, 2.75) is 19.5 Å². The molecule has 0 amide bonds. The van der Waals surface area contributed by atoms with Crippen molar-refractivity contribution in [1.29, 1.82) is 0 Å². The van der Waals surface area contributed by atoms with E-state index >= 15 is 0 Å². The van der Waals surface area contributed by atoms with Crippen molar-refractivity contribution in [2.24, 2.45) is 0 Å². The van der Waals surface area contributed by atoms with Gasteiger partial charge in [-0.2, -0.15) is 0 Å². The zero-order valence-electron chi connectivity index (χ0n) is 11.6. The summed E-state index contributed by atoms with van der Waals surface area (Å²) >= 11 is 6.21. The number of anilines is 1. The lowest BCUT2D eigenvalue weighted by atomic mass is 10.1. The number of nitrogens with two attached hydrogens (primary N) is 1. The van der Waals surface area contributed by atoms with Crippen molar-refractivity contribution >= 4 is 17.3 Å². The van der Waals surface area contributed by atoms with Crippen LogP contribution in [0.25, 0.3) is 0 Å². The smallest absolute Gasteiger partial charge is 0.146 e. The van der Waals surface area contributed by atoms with E-state index < -0.39 is 0 Å². The Balaban J connectivity index is 2.18. The Morgan fingerprint density at radius 3 is 2.60 bits per heavy atom. The van der Waals surface area contributed by atoms with Gasteiger partial charge in [0, 0.05) is 17.6 Å². The van der Waals surface area contributed by atoms with Crippen molar-refractivity contribution in [3.8, 4) is 0 Å².